The van der Waals surface area contributed by atoms with Crippen molar-refractivity contribution < 1.29 is 4.74 Å². The second-order valence-corrected chi connectivity index (χ2v) is 7.48. The van der Waals surface area contributed by atoms with Gasteiger partial charge in [0.2, 0.25) is 0 Å². The van der Waals surface area contributed by atoms with Crippen LogP contribution < -0.4 is 5.32 Å². The lowest BCUT2D eigenvalue weighted by Crippen LogP contribution is -2.38. The Morgan fingerprint density at radius 1 is 1.26 bits per heavy atom. The van der Waals surface area contributed by atoms with Gasteiger partial charge in [-0.25, -0.2) is 0 Å². The third-order valence-electron chi connectivity index (χ3n) is 5.15. The average molecular weight is 267 g/mol. The van der Waals surface area contributed by atoms with Crippen molar-refractivity contribution in [1.29, 1.82) is 0 Å². The van der Waals surface area contributed by atoms with Crippen LogP contribution in [0.5, 0.6) is 0 Å². The molecule has 112 valence electrons. The first kappa shape index (κ1) is 15.3. The molecule has 2 atom stereocenters. The van der Waals surface area contributed by atoms with Gasteiger partial charge in [-0.1, -0.05) is 26.7 Å². The number of hydrogen-bond acceptors (Lipinski definition) is 2. The summed E-state index contributed by atoms with van der Waals surface area (Å²) in [5, 5.41) is 3.88. The summed E-state index contributed by atoms with van der Waals surface area (Å²) in [5.41, 5.74) is 0.598. The molecule has 19 heavy (non-hydrogen) atoms. The first-order valence-corrected chi connectivity index (χ1v) is 8.36. The molecule has 0 saturated heterocycles. The van der Waals surface area contributed by atoms with Gasteiger partial charge in [-0.15, -0.1) is 0 Å². The highest BCUT2D eigenvalue weighted by Crippen LogP contribution is 2.48. The first-order valence-electron chi connectivity index (χ1n) is 8.36. The van der Waals surface area contributed by atoms with Crippen LogP contribution in [0.25, 0.3) is 0 Å². The minimum atomic E-state index is 0.598. The molecule has 2 unspecified atom stereocenters. The normalized spacial score (nSPS) is 29.7. The Labute approximate surface area is 119 Å². The predicted octanol–water partition coefficient (Wildman–Crippen LogP) is 4.00. The average Bonchev–Trinajstić information content (AvgIpc) is 3.14. The fourth-order valence-electron chi connectivity index (χ4n) is 3.73. The molecule has 0 bridgehead atoms. The number of nitrogens with one attached hydrogen (secondary N) is 1. The van der Waals surface area contributed by atoms with Crippen LogP contribution >= 0.6 is 0 Å². The highest BCUT2D eigenvalue weighted by molar-refractivity contribution is 4.95. The van der Waals surface area contributed by atoms with Gasteiger partial charge in [-0.2, -0.15) is 0 Å². The molecule has 0 aromatic carbocycles. The standard InChI is InChI=1S/C17H33NO/c1-14(2)11-15-5-4-6-16(12-15)18-13-17(7-8-17)9-10-19-3/h14-16,18H,4-13H2,1-3H3. The lowest BCUT2D eigenvalue weighted by atomic mass is 9.81. The maximum atomic E-state index is 5.24. The molecule has 2 rings (SSSR count). The smallest absolute Gasteiger partial charge is 0.0468 e. The van der Waals surface area contributed by atoms with Crippen molar-refractivity contribution in [3.05, 3.63) is 0 Å². The quantitative estimate of drug-likeness (QED) is 0.718. The van der Waals surface area contributed by atoms with Crippen LogP contribution in [0.4, 0.5) is 0 Å². The van der Waals surface area contributed by atoms with E-state index >= 15 is 0 Å². The summed E-state index contributed by atoms with van der Waals surface area (Å²) in [4.78, 5) is 0. The van der Waals surface area contributed by atoms with Gasteiger partial charge in [0, 0.05) is 26.3 Å². The molecule has 0 aliphatic heterocycles. The zero-order valence-electron chi connectivity index (χ0n) is 13.2. The fraction of sp³-hybridized carbons (Fsp3) is 1.00. The largest absolute Gasteiger partial charge is 0.385 e. The summed E-state index contributed by atoms with van der Waals surface area (Å²) in [5.74, 6) is 1.83. The highest BCUT2D eigenvalue weighted by atomic mass is 16.5. The molecule has 0 aromatic rings. The number of ether oxygens (including phenoxy) is 1. The van der Waals surface area contributed by atoms with Crippen LogP contribution in [-0.4, -0.2) is 26.3 Å². The van der Waals surface area contributed by atoms with Crippen LogP contribution in [0.3, 0.4) is 0 Å². The predicted molar refractivity (Wildman–Crippen MR) is 81.4 cm³/mol. The van der Waals surface area contributed by atoms with E-state index in [-0.39, 0.29) is 0 Å². The highest BCUT2D eigenvalue weighted by Gasteiger charge is 2.42. The molecule has 0 radical (unpaired) electrons. The van der Waals surface area contributed by atoms with Crippen molar-refractivity contribution in [2.45, 2.75) is 71.3 Å². The number of methoxy groups -OCH3 is 1. The molecule has 2 fully saturated rings. The fourth-order valence-corrected chi connectivity index (χ4v) is 3.73. The van der Waals surface area contributed by atoms with Gasteiger partial charge < -0.3 is 10.1 Å². The van der Waals surface area contributed by atoms with Crippen molar-refractivity contribution in [3.63, 3.8) is 0 Å². The Balaban J connectivity index is 1.68. The van der Waals surface area contributed by atoms with Crippen LogP contribution in [0, 0.1) is 17.3 Å². The van der Waals surface area contributed by atoms with E-state index in [2.05, 4.69) is 19.2 Å². The molecule has 2 aliphatic carbocycles. The van der Waals surface area contributed by atoms with Gasteiger partial charge in [-0.05, 0) is 55.8 Å². The number of hydrogen-bond donors (Lipinski definition) is 1. The SMILES string of the molecule is COCCC1(CNC2CCCC(CC(C)C)C2)CC1. The van der Waals surface area contributed by atoms with Crippen LogP contribution in [0.2, 0.25) is 0 Å². The summed E-state index contributed by atoms with van der Waals surface area (Å²) in [6.07, 6.45) is 11.2. The Morgan fingerprint density at radius 3 is 2.68 bits per heavy atom. The van der Waals surface area contributed by atoms with Crippen molar-refractivity contribution >= 4 is 0 Å². The maximum absolute atomic E-state index is 5.24. The molecule has 1 N–H and O–H groups in total. The van der Waals surface area contributed by atoms with E-state index in [0.29, 0.717) is 5.41 Å². The Bertz CT molecular complexity index is 260. The lowest BCUT2D eigenvalue weighted by Gasteiger charge is -2.32. The van der Waals surface area contributed by atoms with Gasteiger partial charge in [-0.3, -0.25) is 0 Å². The molecule has 0 heterocycles. The maximum Gasteiger partial charge on any atom is 0.0468 e. The number of rotatable bonds is 8. The summed E-state index contributed by atoms with van der Waals surface area (Å²) in [6, 6.07) is 0.789. The van der Waals surface area contributed by atoms with Crippen molar-refractivity contribution in [2.24, 2.45) is 17.3 Å². The Kier molecular flexibility index (Phi) is 5.70. The van der Waals surface area contributed by atoms with Gasteiger partial charge in [0.1, 0.15) is 0 Å². The summed E-state index contributed by atoms with van der Waals surface area (Å²) >= 11 is 0. The second kappa shape index (κ2) is 7.08. The molecule has 0 aromatic heterocycles. The zero-order valence-corrected chi connectivity index (χ0v) is 13.2. The third kappa shape index (κ3) is 5.07. The summed E-state index contributed by atoms with van der Waals surface area (Å²) in [7, 11) is 1.82. The lowest BCUT2D eigenvalue weighted by molar-refractivity contribution is 0.167. The third-order valence-corrected chi connectivity index (χ3v) is 5.15. The molecule has 0 amide bonds. The molecule has 2 heteroatoms. The molecule has 2 saturated carbocycles. The Morgan fingerprint density at radius 2 is 2.05 bits per heavy atom. The molecule has 0 spiro atoms. The van der Waals surface area contributed by atoms with Gasteiger partial charge in [0.05, 0.1) is 0 Å². The van der Waals surface area contributed by atoms with Crippen molar-refractivity contribution in [2.75, 3.05) is 20.3 Å². The van der Waals surface area contributed by atoms with E-state index in [1.54, 1.807) is 0 Å². The minimum Gasteiger partial charge on any atom is -0.385 e. The Hall–Kier alpha value is -0.0800. The van der Waals surface area contributed by atoms with E-state index in [1.165, 1.54) is 57.9 Å². The minimum absolute atomic E-state index is 0.598. The summed E-state index contributed by atoms with van der Waals surface area (Å²) in [6.45, 7) is 6.89. The second-order valence-electron chi connectivity index (χ2n) is 7.48. The van der Waals surface area contributed by atoms with E-state index in [0.717, 1.165) is 24.5 Å². The first-order chi connectivity index (χ1) is 9.13. The van der Waals surface area contributed by atoms with E-state index in [4.69, 9.17) is 4.74 Å². The van der Waals surface area contributed by atoms with Crippen LogP contribution in [-0.2, 0) is 4.74 Å². The molecule has 2 nitrogen and oxygen atoms in total. The van der Waals surface area contributed by atoms with E-state index < -0.39 is 0 Å². The molecular weight excluding hydrogens is 234 g/mol. The van der Waals surface area contributed by atoms with E-state index in [9.17, 15) is 0 Å². The zero-order chi connectivity index (χ0) is 13.7. The van der Waals surface area contributed by atoms with Gasteiger partial charge in [0.25, 0.3) is 0 Å². The van der Waals surface area contributed by atoms with E-state index in [1.807, 2.05) is 7.11 Å². The molecule has 2 aliphatic rings. The molecular formula is C17H33NO. The summed E-state index contributed by atoms with van der Waals surface area (Å²) < 4.78 is 5.24. The van der Waals surface area contributed by atoms with Gasteiger partial charge in [0.15, 0.2) is 0 Å². The van der Waals surface area contributed by atoms with Gasteiger partial charge >= 0.3 is 0 Å². The van der Waals surface area contributed by atoms with Crippen LogP contribution in [0.15, 0.2) is 0 Å². The monoisotopic (exact) mass is 267 g/mol. The van der Waals surface area contributed by atoms with Crippen molar-refractivity contribution in [1.82, 2.24) is 5.32 Å². The topological polar surface area (TPSA) is 21.3 Å². The van der Waals surface area contributed by atoms with Crippen LogP contribution in [0.1, 0.15) is 65.2 Å². The van der Waals surface area contributed by atoms with Crippen molar-refractivity contribution in [3.8, 4) is 0 Å².